The first-order valence-corrected chi connectivity index (χ1v) is 7.48. The van der Waals surface area contributed by atoms with Gasteiger partial charge in [0, 0.05) is 18.2 Å². The van der Waals surface area contributed by atoms with E-state index in [4.69, 9.17) is 0 Å². The van der Waals surface area contributed by atoms with Crippen molar-refractivity contribution in [2.45, 2.75) is 26.3 Å². The van der Waals surface area contributed by atoms with Gasteiger partial charge in [-0.25, -0.2) is 0 Å². The minimum absolute atomic E-state index is 0.429. The van der Waals surface area contributed by atoms with Crippen LogP contribution in [-0.4, -0.2) is 0 Å². The van der Waals surface area contributed by atoms with Crippen LogP contribution in [0.3, 0.4) is 0 Å². The van der Waals surface area contributed by atoms with Crippen LogP contribution in [0.2, 0.25) is 0 Å². The largest absolute Gasteiger partial charge is 0.381 e. The summed E-state index contributed by atoms with van der Waals surface area (Å²) in [7, 11) is 0. The number of hydrogen-bond donors (Lipinski definition) is 1. The molecule has 0 radical (unpaired) electrons. The molecule has 0 amide bonds. The standard InChI is InChI=1S/C20H21N/c1-15-12-13-19(16(15)2)20-11-7-6-8-17(20)14-21-18-9-4-3-5-10-18/h3-13,19,21H,14H2,1-2H3. The molecule has 1 atom stereocenters. The van der Waals surface area contributed by atoms with Gasteiger partial charge in [0.15, 0.2) is 0 Å². The van der Waals surface area contributed by atoms with E-state index in [1.807, 2.05) is 6.07 Å². The van der Waals surface area contributed by atoms with Gasteiger partial charge in [-0.1, -0.05) is 65.8 Å². The highest BCUT2D eigenvalue weighted by Gasteiger charge is 2.18. The van der Waals surface area contributed by atoms with Crippen LogP contribution in [0.4, 0.5) is 5.69 Å². The summed E-state index contributed by atoms with van der Waals surface area (Å²) >= 11 is 0. The van der Waals surface area contributed by atoms with Crippen LogP contribution >= 0.6 is 0 Å². The Labute approximate surface area is 127 Å². The van der Waals surface area contributed by atoms with E-state index in [9.17, 15) is 0 Å². The smallest absolute Gasteiger partial charge is 0.0403 e. The zero-order chi connectivity index (χ0) is 14.7. The van der Waals surface area contributed by atoms with Crippen LogP contribution in [0.5, 0.6) is 0 Å². The van der Waals surface area contributed by atoms with E-state index in [0.717, 1.165) is 12.2 Å². The molecule has 1 nitrogen and oxygen atoms in total. The van der Waals surface area contributed by atoms with E-state index in [1.165, 1.54) is 22.3 Å². The quantitative estimate of drug-likeness (QED) is 0.799. The Morgan fingerprint density at radius 3 is 2.33 bits per heavy atom. The number of nitrogens with one attached hydrogen (secondary N) is 1. The van der Waals surface area contributed by atoms with Gasteiger partial charge in [0.05, 0.1) is 0 Å². The molecule has 0 saturated carbocycles. The second-order valence-electron chi connectivity index (χ2n) is 5.62. The first-order chi connectivity index (χ1) is 10.3. The maximum absolute atomic E-state index is 3.51. The number of hydrogen-bond acceptors (Lipinski definition) is 1. The van der Waals surface area contributed by atoms with Crippen molar-refractivity contribution >= 4 is 5.69 Å². The molecule has 0 aromatic heterocycles. The number of para-hydroxylation sites is 1. The molecule has 0 spiro atoms. The van der Waals surface area contributed by atoms with Gasteiger partial charge in [-0.15, -0.1) is 0 Å². The van der Waals surface area contributed by atoms with Crippen molar-refractivity contribution in [2.75, 3.05) is 5.32 Å². The summed E-state index contributed by atoms with van der Waals surface area (Å²) in [4.78, 5) is 0. The molecule has 0 saturated heterocycles. The lowest BCUT2D eigenvalue weighted by atomic mass is 9.90. The van der Waals surface area contributed by atoms with Crippen LogP contribution in [-0.2, 0) is 6.54 Å². The minimum Gasteiger partial charge on any atom is -0.381 e. The van der Waals surface area contributed by atoms with Gasteiger partial charge in [-0.3, -0.25) is 0 Å². The molecule has 0 fully saturated rings. The average Bonchev–Trinajstić information content (AvgIpc) is 2.86. The summed E-state index contributed by atoms with van der Waals surface area (Å²) in [5.41, 5.74) is 6.79. The van der Waals surface area contributed by atoms with Crippen LogP contribution in [0.15, 0.2) is 77.9 Å². The van der Waals surface area contributed by atoms with Gasteiger partial charge in [0.2, 0.25) is 0 Å². The van der Waals surface area contributed by atoms with Crippen molar-refractivity contribution < 1.29 is 0 Å². The Bertz CT molecular complexity index is 680. The third-order valence-corrected chi connectivity index (χ3v) is 4.27. The van der Waals surface area contributed by atoms with E-state index in [-0.39, 0.29) is 0 Å². The fourth-order valence-corrected chi connectivity index (χ4v) is 2.85. The summed E-state index contributed by atoms with van der Waals surface area (Å²) in [6, 6.07) is 19.1. The van der Waals surface area contributed by atoms with E-state index in [0.29, 0.717) is 5.92 Å². The van der Waals surface area contributed by atoms with Gasteiger partial charge in [-0.2, -0.15) is 0 Å². The predicted octanol–water partition coefficient (Wildman–Crippen LogP) is 5.29. The lowest BCUT2D eigenvalue weighted by molar-refractivity contribution is 0.961. The fraction of sp³-hybridized carbons (Fsp3) is 0.200. The molecule has 1 aliphatic carbocycles. The highest BCUT2D eigenvalue weighted by Crippen LogP contribution is 2.35. The molecule has 0 aliphatic heterocycles. The van der Waals surface area contributed by atoms with Crippen molar-refractivity contribution in [3.05, 3.63) is 89.0 Å². The second kappa shape index (κ2) is 6.01. The molecule has 0 heterocycles. The summed E-state index contributed by atoms with van der Waals surface area (Å²) in [5.74, 6) is 0.429. The number of allylic oxidation sites excluding steroid dienone is 4. The van der Waals surface area contributed by atoms with Crippen molar-refractivity contribution in [3.8, 4) is 0 Å². The average molecular weight is 275 g/mol. The van der Waals surface area contributed by atoms with Crippen LogP contribution in [0.1, 0.15) is 30.9 Å². The summed E-state index contributed by atoms with van der Waals surface area (Å²) in [6.07, 6.45) is 4.55. The first-order valence-electron chi connectivity index (χ1n) is 7.48. The van der Waals surface area contributed by atoms with E-state index in [1.54, 1.807) is 0 Å². The molecule has 1 N–H and O–H groups in total. The highest BCUT2D eigenvalue weighted by atomic mass is 14.9. The van der Waals surface area contributed by atoms with Crippen molar-refractivity contribution in [2.24, 2.45) is 0 Å². The van der Waals surface area contributed by atoms with Crippen molar-refractivity contribution in [1.82, 2.24) is 0 Å². The molecule has 2 aromatic rings. The molecule has 0 bridgehead atoms. The third-order valence-electron chi connectivity index (χ3n) is 4.27. The highest BCUT2D eigenvalue weighted by molar-refractivity contribution is 5.49. The van der Waals surface area contributed by atoms with Crippen molar-refractivity contribution in [1.29, 1.82) is 0 Å². The molecule has 1 aliphatic rings. The van der Waals surface area contributed by atoms with E-state index >= 15 is 0 Å². The third kappa shape index (κ3) is 2.92. The molecule has 21 heavy (non-hydrogen) atoms. The summed E-state index contributed by atoms with van der Waals surface area (Å²) in [6.45, 7) is 5.29. The van der Waals surface area contributed by atoms with Gasteiger partial charge >= 0.3 is 0 Å². The van der Waals surface area contributed by atoms with Gasteiger partial charge < -0.3 is 5.32 Å². The molecule has 3 rings (SSSR count). The summed E-state index contributed by atoms with van der Waals surface area (Å²) in [5, 5.41) is 3.51. The zero-order valence-corrected chi connectivity index (χ0v) is 12.6. The number of benzene rings is 2. The van der Waals surface area contributed by atoms with Gasteiger partial charge in [0.1, 0.15) is 0 Å². The minimum atomic E-state index is 0.429. The SMILES string of the molecule is CC1=C(C)C(c2ccccc2CNc2ccccc2)C=C1. The molecule has 1 heteroatoms. The predicted molar refractivity (Wildman–Crippen MR) is 90.5 cm³/mol. The topological polar surface area (TPSA) is 12.0 Å². The maximum Gasteiger partial charge on any atom is 0.0403 e. The lowest BCUT2D eigenvalue weighted by Gasteiger charge is -2.17. The Morgan fingerprint density at radius 2 is 1.62 bits per heavy atom. The van der Waals surface area contributed by atoms with Crippen LogP contribution < -0.4 is 5.32 Å². The second-order valence-corrected chi connectivity index (χ2v) is 5.62. The van der Waals surface area contributed by atoms with Crippen LogP contribution in [0.25, 0.3) is 0 Å². The first kappa shape index (κ1) is 13.7. The Hall–Kier alpha value is -2.28. The molecular formula is C20H21N. The number of anilines is 1. The van der Waals surface area contributed by atoms with Crippen molar-refractivity contribution in [3.63, 3.8) is 0 Å². The molecule has 1 unspecified atom stereocenters. The normalized spacial score (nSPS) is 17.3. The van der Waals surface area contributed by atoms with E-state index in [2.05, 4.69) is 79.8 Å². The maximum atomic E-state index is 3.51. The fourth-order valence-electron chi connectivity index (χ4n) is 2.85. The Morgan fingerprint density at radius 1 is 0.905 bits per heavy atom. The molecule has 106 valence electrons. The van der Waals surface area contributed by atoms with E-state index < -0.39 is 0 Å². The zero-order valence-electron chi connectivity index (χ0n) is 12.6. The Kier molecular flexibility index (Phi) is 3.92. The van der Waals surface area contributed by atoms with Gasteiger partial charge in [-0.05, 0) is 37.1 Å². The Balaban J connectivity index is 1.82. The molecular weight excluding hydrogens is 254 g/mol. The monoisotopic (exact) mass is 275 g/mol. The molecule has 2 aromatic carbocycles. The van der Waals surface area contributed by atoms with Gasteiger partial charge in [0.25, 0.3) is 0 Å². The number of rotatable bonds is 4. The summed E-state index contributed by atoms with van der Waals surface area (Å²) < 4.78 is 0. The lowest BCUT2D eigenvalue weighted by Crippen LogP contribution is -2.05. The van der Waals surface area contributed by atoms with Crippen LogP contribution in [0, 0.1) is 0 Å².